The van der Waals surface area contributed by atoms with Crippen molar-refractivity contribution in [3.05, 3.63) is 47.7 Å². The first-order valence-electron chi connectivity index (χ1n) is 8.71. The molecule has 1 aromatic carbocycles. The van der Waals surface area contributed by atoms with Crippen LogP contribution >= 0.6 is 11.6 Å². The molecule has 6 rings (SSSR count). The number of fused-ring (bicyclic) bond motifs is 6. The lowest BCUT2D eigenvalue weighted by atomic mass is 10.1. The lowest BCUT2D eigenvalue weighted by Gasteiger charge is -2.42. The zero-order valence-corrected chi connectivity index (χ0v) is 15.1. The molecule has 0 spiro atoms. The van der Waals surface area contributed by atoms with Crippen molar-refractivity contribution < 1.29 is 9.63 Å². The summed E-state index contributed by atoms with van der Waals surface area (Å²) in [5.41, 5.74) is 0.104. The Morgan fingerprint density at radius 2 is 2.14 bits per heavy atom. The molecule has 1 fully saturated rings. The molecule has 0 radical (unpaired) electrons. The number of hydrogen-bond acceptors (Lipinski definition) is 10. The zero-order valence-electron chi connectivity index (χ0n) is 14.3. The second-order valence-electron chi connectivity index (χ2n) is 6.99. The summed E-state index contributed by atoms with van der Waals surface area (Å²) < 4.78 is 5.26. The number of nitriles is 1. The van der Waals surface area contributed by atoms with Gasteiger partial charge in [0.25, 0.3) is 11.8 Å². The van der Waals surface area contributed by atoms with Gasteiger partial charge in [-0.15, -0.1) is 0 Å². The third-order valence-electron chi connectivity index (χ3n) is 5.29. The maximum atomic E-state index is 10.2. The molecule has 10 nitrogen and oxygen atoms in total. The fourth-order valence-electron chi connectivity index (χ4n) is 3.68. The molecule has 1 saturated carbocycles. The van der Waals surface area contributed by atoms with Crippen molar-refractivity contribution in [2.24, 2.45) is 4.99 Å². The topological polar surface area (TPSA) is 108 Å². The van der Waals surface area contributed by atoms with Gasteiger partial charge in [0.15, 0.2) is 23.8 Å². The van der Waals surface area contributed by atoms with Gasteiger partial charge in [0.2, 0.25) is 0 Å². The van der Waals surface area contributed by atoms with Crippen molar-refractivity contribution in [2.75, 3.05) is 9.91 Å². The Morgan fingerprint density at radius 3 is 2.93 bits per heavy atom. The highest BCUT2D eigenvalue weighted by atomic mass is 35.5. The number of aliphatic hydroxyl groups is 1. The van der Waals surface area contributed by atoms with Gasteiger partial charge in [-0.1, -0.05) is 29.8 Å². The van der Waals surface area contributed by atoms with Crippen LogP contribution in [0.2, 0.25) is 0 Å². The summed E-state index contributed by atoms with van der Waals surface area (Å²) in [7, 11) is 0. The highest BCUT2D eigenvalue weighted by Gasteiger charge is 2.50. The minimum Gasteiger partial charge on any atom is -0.380 e. The largest absolute Gasteiger partial charge is 0.380 e. The molecule has 11 heteroatoms. The Hall–Kier alpha value is -3.29. The van der Waals surface area contributed by atoms with Gasteiger partial charge in [-0.05, 0) is 24.1 Å². The Balaban J connectivity index is 1.46. The monoisotopic (exact) mass is 396 g/mol. The van der Waals surface area contributed by atoms with Crippen LogP contribution in [0.25, 0.3) is 0 Å². The van der Waals surface area contributed by atoms with Crippen LogP contribution in [0.15, 0.2) is 45.8 Å². The van der Waals surface area contributed by atoms with E-state index in [9.17, 15) is 10.4 Å². The van der Waals surface area contributed by atoms with E-state index in [2.05, 4.69) is 21.3 Å². The Labute approximate surface area is 164 Å². The highest BCUT2D eigenvalue weighted by Crippen LogP contribution is 2.49. The Morgan fingerprint density at radius 1 is 1.32 bits per heavy atom. The maximum Gasteiger partial charge on any atom is 0.290 e. The van der Waals surface area contributed by atoms with Gasteiger partial charge < -0.3 is 9.63 Å². The van der Waals surface area contributed by atoms with Crippen LogP contribution in [0.4, 0.5) is 11.6 Å². The van der Waals surface area contributed by atoms with Crippen molar-refractivity contribution in [3.63, 3.8) is 0 Å². The van der Waals surface area contributed by atoms with Gasteiger partial charge >= 0.3 is 0 Å². The molecule has 1 aromatic heterocycles. The van der Waals surface area contributed by atoms with Crippen molar-refractivity contribution >= 4 is 29.6 Å². The van der Waals surface area contributed by atoms with E-state index in [-0.39, 0.29) is 18.0 Å². The number of benzene rings is 1. The van der Waals surface area contributed by atoms with E-state index in [0.29, 0.717) is 18.7 Å². The number of nitrogens with zero attached hydrogens (tertiary/aromatic N) is 8. The highest BCUT2D eigenvalue weighted by molar-refractivity contribution is 6.22. The number of aliphatic imine (C=N–C) groups is 1. The van der Waals surface area contributed by atoms with Gasteiger partial charge in [-0.2, -0.15) is 10.2 Å². The molecule has 1 aliphatic carbocycles. The van der Waals surface area contributed by atoms with Gasteiger partial charge in [0.1, 0.15) is 11.9 Å². The minimum absolute atomic E-state index is 0.197. The predicted octanol–water partition coefficient (Wildman–Crippen LogP) is 1.75. The van der Waals surface area contributed by atoms with Crippen LogP contribution in [0, 0.1) is 11.5 Å². The summed E-state index contributed by atoms with van der Waals surface area (Å²) in [6.45, 7) is 0. The van der Waals surface area contributed by atoms with Crippen molar-refractivity contribution in [2.45, 2.75) is 30.2 Å². The lowest BCUT2D eigenvalue weighted by molar-refractivity contribution is 0.108. The zero-order chi connectivity index (χ0) is 19.0. The van der Waals surface area contributed by atoms with E-state index < -0.39 is 11.2 Å². The summed E-state index contributed by atoms with van der Waals surface area (Å²) in [6.07, 6.45) is 6.21. The molecule has 2 unspecified atom stereocenters. The first-order valence-corrected chi connectivity index (χ1v) is 9.15. The number of alkyl halides is 1. The van der Waals surface area contributed by atoms with Crippen LogP contribution in [-0.4, -0.2) is 37.1 Å². The fourth-order valence-corrected chi connectivity index (χ4v) is 3.98. The molecule has 3 aliphatic heterocycles. The molecule has 2 atom stereocenters. The number of rotatable bonds is 2. The molecular formula is C17H13ClN8O2. The molecule has 1 N–H and O–H groups in total. The van der Waals surface area contributed by atoms with E-state index in [4.69, 9.17) is 16.1 Å². The Bertz CT molecular complexity index is 1090. The van der Waals surface area contributed by atoms with Gasteiger partial charge in [0.05, 0.1) is 11.9 Å². The van der Waals surface area contributed by atoms with Crippen LogP contribution in [0.1, 0.15) is 30.5 Å². The average molecular weight is 397 g/mol. The molecule has 0 amide bonds. The summed E-state index contributed by atoms with van der Waals surface area (Å²) in [5, 5.41) is 27.2. The van der Waals surface area contributed by atoms with Crippen LogP contribution in [0.3, 0.4) is 0 Å². The van der Waals surface area contributed by atoms with E-state index >= 15 is 0 Å². The standard InChI is InChI=1S/C17H13ClN8O2/c18-15-23(8-19)7-12-25(15)11-4-2-1-3-10(11)13-20-9-24(26(12)13)16-21-14(28-22-16)17(27)5-6-17/h1-4,7,9,13,15,27H,5-6H2. The van der Waals surface area contributed by atoms with Crippen molar-refractivity contribution in [3.8, 4) is 6.19 Å². The van der Waals surface area contributed by atoms with Gasteiger partial charge in [-0.3, -0.25) is 4.90 Å². The van der Waals surface area contributed by atoms with Gasteiger partial charge in [0, 0.05) is 5.56 Å². The predicted molar refractivity (Wildman–Crippen MR) is 97.1 cm³/mol. The molecule has 140 valence electrons. The summed E-state index contributed by atoms with van der Waals surface area (Å²) in [5.74, 6) is 1.12. The second-order valence-corrected chi connectivity index (χ2v) is 7.38. The first-order chi connectivity index (χ1) is 13.6. The summed E-state index contributed by atoms with van der Waals surface area (Å²) in [6, 6.07) is 7.77. The lowest BCUT2D eigenvalue weighted by Crippen LogP contribution is -2.48. The van der Waals surface area contributed by atoms with E-state index in [1.807, 2.05) is 34.2 Å². The number of anilines is 2. The summed E-state index contributed by atoms with van der Waals surface area (Å²) in [4.78, 5) is 12.2. The number of para-hydroxylation sites is 1. The third kappa shape index (κ3) is 1.92. The molecule has 0 saturated heterocycles. The van der Waals surface area contributed by atoms with E-state index in [0.717, 1.165) is 11.3 Å². The van der Waals surface area contributed by atoms with Crippen molar-refractivity contribution in [1.29, 1.82) is 5.26 Å². The Kier molecular flexibility index (Phi) is 2.90. The summed E-state index contributed by atoms with van der Waals surface area (Å²) >= 11 is 6.54. The first kappa shape index (κ1) is 15.7. The van der Waals surface area contributed by atoms with Crippen LogP contribution in [-0.2, 0) is 5.60 Å². The average Bonchev–Trinajstić information content (AvgIpc) is 3.11. The number of hydrogen-bond donors (Lipinski definition) is 1. The SMILES string of the molecule is N#CN1C=C2N(c3ccccc3C3N=CN(c4noc(C5(O)CC5)n4)N23)C1Cl. The van der Waals surface area contributed by atoms with E-state index in [1.54, 1.807) is 17.5 Å². The van der Waals surface area contributed by atoms with Crippen LogP contribution < -0.4 is 9.91 Å². The van der Waals surface area contributed by atoms with Crippen LogP contribution in [0.5, 0.6) is 0 Å². The minimum atomic E-state index is -1.02. The smallest absolute Gasteiger partial charge is 0.290 e. The molecule has 4 heterocycles. The molecule has 4 aliphatic rings. The molecule has 2 aromatic rings. The molecule has 28 heavy (non-hydrogen) atoms. The molecular weight excluding hydrogens is 384 g/mol. The second kappa shape index (κ2) is 5.15. The quantitative estimate of drug-likeness (QED) is 0.461. The number of hydrazine groups is 1. The maximum absolute atomic E-state index is 10.2. The van der Waals surface area contributed by atoms with Crippen molar-refractivity contribution in [1.82, 2.24) is 20.0 Å². The third-order valence-corrected chi connectivity index (χ3v) is 5.70. The number of halogens is 1. The number of aromatic nitrogens is 2. The molecule has 0 bridgehead atoms. The van der Waals surface area contributed by atoms with Gasteiger partial charge in [-0.25, -0.2) is 19.9 Å². The fraction of sp³-hybridized carbons (Fsp3) is 0.294. The van der Waals surface area contributed by atoms with E-state index in [1.165, 1.54) is 4.90 Å². The normalized spacial score (nSPS) is 26.0.